The molecule has 2 N–H and O–H groups in total. The number of hydrogen-bond acceptors (Lipinski definition) is 3. The maximum absolute atomic E-state index is 11.9. The predicted octanol–water partition coefficient (Wildman–Crippen LogP) is 2.51. The van der Waals surface area contributed by atoms with Gasteiger partial charge in [-0.3, -0.25) is 0 Å². The first-order valence-corrected chi connectivity index (χ1v) is 6.52. The molecular formula is C13H26N2O2. The minimum absolute atomic E-state index is 0.00595. The number of hydrogen-bond donors (Lipinski definition) is 1. The number of carbonyl (C=O) groups excluding carboxylic acids is 1. The third-order valence-electron chi connectivity index (χ3n) is 2.92. The Morgan fingerprint density at radius 1 is 1.35 bits per heavy atom. The highest BCUT2D eigenvalue weighted by Gasteiger charge is 2.38. The van der Waals surface area contributed by atoms with Crippen molar-refractivity contribution in [3.63, 3.8) is 0 Å². The van der Waals surface area contributed by atoms with E-state index in [1.54, 1.807) is 4.90 Å². The van der Waals surface area contributed by atoms with E-state index in [4.69, 9.17) is 10.5 Å². The van der Waals surface area contributed by atoms with Gasteiger partial charge in [-0.25, -0.2) is 4.79 Å². The number of rotatable bonds is 5. The molecule has 1 fully saturated rings. The quantitative estimate of drug-likeness (QED) is 0.806. The molecule has 0 spiro atoms. The standard InChI is InChI=1S/C13H26N2O2/c1-5-9-15(10-8-13(14)6-7-13)11(16)17-12(2,3)4/h5-10,14H2,1-4H3. The largest absolute Gasteiger partial charge is 0.444 e. The van der Waals surface area contributed by atoms with Gasteiger partial charge in [0.2, 0.25) is 0 Å². The molecule has 1 saturated carbocycles. The Bertz CT molecular complexity index is 267. The number of nitrogens with zero attached hydrogens (tertiary/aromatic N) is 1. The second kappa shape index (κ2) is 5.25. The summed E-state index contributed by atoms with van der Waals surface area (Å²) in [7, 11) is 0. The van der Waals surface area contributed by atoms with Crippen LogP contribution in [-0.2, 0) is 4.74 Å². The topological polar surface area (TPSA) is 55.6 Å². The summed E-state index contributed by atoms with van der Waals surface area (Å²) >= 11 is 0. The summed E-state index contributed by atoms with van der Waals surface area (Å²) in [5.41, 5.74) is 5.61. The minimum atomic E-state index is -0.428. The van der Waals surface area contributed by atoms with Gasteiger partial charge in [0, 0.05) is 18.6 Å². The average molecular weight is 242 g/mol. The number of amides is 1. The lowest BCUT2D eigenvalue weighted by Crippen LogP contribution is -2.40. The summed E-state index contributed by atoms with van der Waals surface area (Å²) in [5, 5.41) is 0. The minimum Gasteiger partial charge on any atom is -0.444 e. The normalized spacial score (nSPS) is 17.7. The molecule has 17 heavy (non-hydrogen) atoms. The van der Waals surface area contributed by atoms with Crippen molar-refractivity contribution < 1.29 is 9.53 Å². The fourth-order valence-corrected chi connectivity index (χ4v) is 1.66. The van der Waals surface area contributed by atoms with E-state index in [0.29, 0.717) is 6.54 Å². The van der Waals surface area contributed by atoms with Gasteiger partial charge < -0.3 is 15.4 Å². The van der Waals surface area contributed by atoms with Crippen LogP contribution in [-0.4, -0.2) is 35.2 Å². The second-order valence-corrected chi connectivity index (χ2v) is 6.08. The molecule has 0 aromatic rings. The van der Waals surface area contributed by atoms with Crippen LogP contribution in [0.15, 0.2) is 0 Å². The summed E-state index contributed by atoms with van der Waals surface area (Å²) in [6, 6.07) is 0. The van der Waals surface area contributed by atoms with Crippen molar-refractivity contribution in [1.29, 1.82) is 0 Å². The van der Waals surface area contributed by atoms with Crippen LogP contribution < -0.4 is 5.73 Å². The smallest absolute Gasteiger partial charge is 0.410 e. The van der Waals surface area contributed by atoms with Crippen LogP contribution in [0.4, 0.5) is 4.79 Å². The van der Waals surface area contributed by atoms with Gasteiger partial charge in [0.15, 0.2) is 0 Å². The molecule has 100 valence electrons. The van der Waals surface area contributed by atoms with Crippen molar-refractivity contribution in [2.75, 3.05) is 13.1 Å². The summed E-state index contributed by atoms with van der Waals surface area (Å²) in [4.78, 5) is 13.7. The zero-order chi connectivity index (χ0) is 13.1. The molecule has 4 nitrogen and oxygen atoms in total. The second-order valence-electron chi connectivity index (χ2n) is 6.08. The summed E-state index contributed by atoms with van der Waals surface area (Å²) in [5.74, 6) is 0. The molecule has 0 heterocycles. The zero-order valence-corrected chi connectivity index (χ0v) is 11.6. The van der Waals surface area contributed by atoms with Crippen molar-refractivity contribution >= 4 is 6.09 Å². The van der Waals surface area contributed by atoms with E-state index in [0.717, 1.165) is 32.2 Å². The van der Waals surface area contributed by atoms with Crippen LogP contribution in [0.1, 0.15) is 53.4 Å². The fourth-order valence-electron chi connectivity index (χ4n) is 1.66. The van der Waals surface area contributed by atoms with Crippen LogP contribution in [0.3, 0.4) is 0 Å². The molecule has 0 saturated heterocycles. The molecule has 0 aliphatic heterocycles. The molecule has 0 atom stereocenters. The predicted molar refractivity (Wildman–Crippen MR) is 68.9 cm³/mol. The van der Waals surface area contributed by atoms with E-state index in [9.17, 15) is 4.79 Å². The molecule has 0 bridgehead atoms. The van der Waals surface area contributed by atoms with Gasteiger partial charge in [-0.1, -0.05) is 6.92 Å². The van der Waals surface area contributed by atoms with E-state index in [1.807, 2.05) is 20.8 Å². The highest BCUT2D eigenvalue weighted by atomic mass is 16.6. The molecule has 1 aliphatic rings. The van der Waals surface area contributed by atoms with Crippen molar-refractivity contribution in [3.05, 3.63) is 0 Å². The first-order valence-electron chi connectivity index (χ1n) is 6.52. The Balaban J connectivity index is 2.43. The molecular weight excluding hydrogens is 216 g/mol. The van der Waals surface area contributed by atoms with E-state index in [1.165, 1.54) is 0 Å². The lowest BCUT2D eigenvalue weighted by atomic mass is 10.2. The third kappa shape index (κ3) is 5.39. The Morgan fingerprint density at radius 3 is 2.35 bits per heavy atom. The molecule has 4 heteroatoms. The molecule has 1 rings (SSSR count). The Morgan fingerprint density at radius 2 is 1.94 bits per heavy atom. The summed E-state index contributed by atoms with van der Waals surface area (Å²) in [6.45, 7) is 9.18. The van der Waals surface area contributed by atoms with Crippen LogP contribution >= 0.6 is 0 Å². The van der Waals surface area contributed by atoms with E-state index in [-0.39, 0.29) is 11.6 Å². The highest BCUT2D eigenvalue weighted by Crippen LogP contribution is 2.35. The van der Waals surface area contributed by atoms with Gasteiger partial charge >= 0.3 is 6.09 Å². The molecule has 1 amide bonds. The van der Waals surface area contributed by atoms with E-state index in [2.05, 4.69) is 6.92 Å². The lowest BCUT2D eigenvalue weighted by molar-refractivity contribution is 0.0244. The van der Waals surface area contributed by atoms with Gasteiger partial charge in [-0.05, 0) is 46.5 Å². The molecule has 0 unspecified atom stereocenters. The van der Waals surface area contributed by atoms with Gasteiger partial charge in [-0.15, -0.1) is 0 Å². The number of carbonyl (C=O) groups is 1. The lowest BCUT2D eigenvalue weighted by Gasteiger charge is -2.28. The average Bonchev–Trinajstić information content (AvgIpc) is 2.88. The van der Waals surface area contributed by atoms with E-state index < -0.39 is 5.60 Å². The molecule has 0 radical (unpaired) electrons. The maximum Gasteiger partial charge on any atom is 0.410 e. The maximum atomic E-state index is 11.9. The molecule has 1 aliphatic carbocycles. The fraction of sp³-hybridized carbons (Fsp3) is 0.923. The van der Waals surface area contributed by atoms with Crippen molar-refractivity contribution in [3.8, 4) is 0 Å². The van der Waals surface area contributed by atoms with Gasteiger partial charge in [0.05, 0.1) is 0 Å². The molecule has 0 aromatic carbocycles. The van der Waals surface area contributed by atoms with Gasteiger partial charge in [0.25, 0.3) is 0 Å². The van der Waals surface area contributed by atoms with Gasteiger partial charge in [-0.2, -0.15) is 0 Å². The Labute approximate surface area is 104 Å². The van der Waals surface area contributed by atoms with Crippen LogP contribution in [0.2, 0.25) is 0 Å². The number of ether oxygens (including phenoxy) is 1. The van der Waals surface area contributed by atoms with Crippen LogP contribution in [0.5, 0.6) is 0 Å². The third-order valence-corrected chi connectivity index (χ3v) is 2.92. The number of nitrogens with two attached hydrogens (primary N) is 1. The first kappa shape index (κ1) is 14.3. The van der Waals surface area contributed by atoms with Crippen molar-refractivity contribution in [2.45, 2.75) is 64.5 Å². The van der Waals surface area contributed by atoms with Crippen LogP contribution in [0.25, 0.3) is 0 Å². The van der Waals surface area contributed by atoms with Crippen molar-refractivity contribution in [1.82, 2.24) is 4.90 Å². The Kier molecular flexibility index (Phi) is 4.42. The van der Waals surface area contributed by atoms with Gasteiger partial charge in [0.1, 0.15) is 5.60 Å². The molecule has 0 aromatic heterocycles. The van der Waals surface area contributed by atoms with Crippen molar-refractivity contribution in [2.24, 2.45) is 5.73 Å². The SMILES string of the molecule is CCCN(CCC1(N)CC1)C(=O)OC(C)(C)C. The first-order chi connectivity index (χ1) is 7.76. The van der Waals surface area contributed by atoms with Crippen LogP contribution in [0, 0.1) is 0 Å². The van der Waals surface area contributed by atoms with E-state index >= 15 is 0 Å². The summed E-state index contributed by atoms with van der Waals surface area (Å²) in [6.07, 6.45) is 3.77. The Hall–Kier alpha value is -0.770. The zero-order valence-electron chi connectivity index (χ0n) is 11.6. The summed E-state index contributed by atoms with van der Waals surface area (Å²) < 4.78 is 5.38. The highest BCUT2D eigenvalue weighted by molar-refractivity contribution is 5.68. The monoisotopic (exact) mass is 242 g/mol.